The Labute approximate surface area is 180 Å². The van der Waals surface area contributed by atoms with Gasteiger partial charge in [-0.05, 0) is 39.2 Å². The molecule has 1 N–H and O–H groups in total. The molecule has 9 nitrogen and oxygen atoms in total. The monoisotopic (exact) mass is 422 g/mol. The van der Waals surface area contributed by atoms with Crippen molar-refractivity contribution in [3.8, 4) is 12.1 Å². The minimum atomic E-state index is -0.803. The van der Waals surface area contributed by atoms with Crippen LogP contribution < -0.4 is 16.6 Å². The molecule has 0 saturated heterocycles. The van der Waals surface area contributed by atoms with Gasteiger partial charge in [-0.15, -0.1) is 0 Å². The number of nitrogens with one attached hydrogen (secondary N) is 1. The Bertz CT molecular complexity index is 1210. The van der Waals surface area contributed by atoms with Crippen LogP contribution in [-0.4, -0.2) is 19.6 Å². The molecule has 1 aliphatic rings. The molecule has 0 unspecified atom stereocenters. The minimum absolute atomic E-state index is 0.187. The lowest BCUT2D eigenvalue weighted by Gasteiger charge is -2.27. The predicted octanol–water partition coefficient (Wildman–Crippen LogP) is 2.34. The van der Waals surface area contributed by atoms with E-state index in [1.807, 2.05) is 18.4 Å². The van der Waals surface area contributed by atoms with Crippen LogP contribution in [0.5, 0.6) is 0 Å². The molecule has 2 aromatic heterocycles. The standard InChI is InChI=1S/C22H26N6O3/c1-4-26-12-16(10-23)21(30)27(22(26)31)13-19(29)25-20-18(11-24)14(2)15(3)28(20)17-8-6-5-7-9-17/h12,17H,4-9,13H2,1-3H3,(H,25,29). The van der Waals surface area contributed by atoms with Gasteiger partial charge in [-0.2, -0.15) is 10.5 Å². The normalized spacial score (nSPS) is 14.1. The first-order chi connectivity index (χ1) is 14.8. The Morgan fingerprint density at radius 2 is 1.84 bits per heavy atom. The molecule has 0 bridgehead atoms. The highest BCUT2D eigenvalue weighted by Gasteiger charge is 2.26. The molecule has 1 aliphatic carbocycles. The number of carbonyl (C=O) groups is 1. The second-order valence-corrected chi connectivity index (χ2v) is 7.87. The number of hydrogen-bond donors (Lipinski definition) is 1. The molecule has 0 radical (unpaired) electrons. The molecule has 162 valence electrons. The Morgan fingerprint density at radius 1 is 1.16 bits per heavy atom. The Balaban J connectivity index is 2.00. The number of anilines is 1. The summed E-state index contributed by atoms with van der Waals surface area (Å²) in [5, 5.41) is 21.7. The van der Waals surface area contributed by atoms with Gasteiger partial charge in [0.15, 0.2) is 0 Å². The Kier molecular flexibility index (Phi) is 6.45. The third-order valence-electron chi connectivity index (χ3n) is 6.07. The quantitative estimate of drug-likeness (QED) is 0.791. The summed E-state index contributed by atoms with van der Waals surface area (Å²) in [6, 6.07) is 4.14. The van der Waals surface area contributed by atoms with Gasteiger partial charge in [0.1, 0.15) is 30.1 Å². The van der Waals surface area contributed by atoms with Crippen LogP contribution in [0, 0.1) is 36.5 Å². The van der Waals surface area contributed by atoms with Gasteiger partial charge in [0.05, 0.1) is 5.56 Å². The van der Waals surface area contributed by atoms with Crippen LogP contribution in [0.2, 0.25) is 0 Å². The maximum atomic E-state index is 12.9. The van der Waals surface area contributed by atoms with E-state index in [0.29, 0.717) is 11.4 Å². The fourth-order valence-corrected chi connectivity index (χ4v) is 4.29. The van der Waals surface area contributed by atoms with Crippen molar-refractivity contribution in [3.05, 3.63) is 49.4 Å². The first kappa shape index (κ1) is 22.1. The SMILES string of the molecule is CCn1cc(C#N)c(=O)n(CC(=O)Nc2c(C#N)c(C)c(C)n2C2CCCCC2)c1=O. The average Bonchev–Trinajstić information content (AvgIpc) is 3.01. The van der Waals surface area contributed by atoms with E-state index in [9.17, 15) is 24.9 Å². The minimum Gasteiger partial charge on any atom is -0.327 e. The van der Waals surface area contributed by atoms with Crippen LogP contribution in [0.3, 0.4) is 0 Å². The highest BCUT2D eigenvalue weighted by atomic mass is 16.2. The fraction of sp³-hybridized carbons (Fsp3) is 0.500. The van der Waals surface area contributed by atoms with E-state index in [0.717, 1.165) is 41.5 Å². The molecule has 1 fully saturated rings. The highest BCUT2D eigenvalue weighted by molar-refractivity contribution is 5.91. The summed E-state index contributed by atoms with van der Waals surface area (Å²) in [5.41, 5.74) is 0.459. The smallest absolute Gasteiger partial charge is 0.327 e. The van der Waals surface area contributed by atoms with Gasteiger partial charge in [-0.1, -0.05) is 19.3 Å². The largest absolute Gasteiger partial charge is 0.331 e. The first-order valence-electron chi connectivity index (χ1n) is 10.5. The summed E-state index contributed by atoms with van der Waals surface area (Å²) in [4.78, 5) is 37.9. The number of hydrogen-bond acceptors (Lipinski definition) is 5. The molecular formula is C22H26N6O3. The van der Waals surface area contributed by atoms with Crippen LogP contribution in [0.15, 0.2) is 15.8 Å². The number of carbonyl (C=O) groups excluding carboxylic acids is 1. The van der Waals surface area contributed by atoms with Gasteiger partial charge < -0.3 is 9.88 Å². The number of aryl methyl sites for hydroxylation is 1. The van der Waals surface area contributed by atoms with E-state index in [-0.39, 0.29) is 18.2 Å². The van der Waals surface area contributed by atoms with Gasteiger partial charge in [0.25, 0.3) is 5.56 Å². The zero-order chi connectivity index (χ0) is 22.7. The summed E-state index contributed by atoms with van der Waals surface area (Å²) in [7, 11) is 0. The van der Waals surface area contributed by atoms with Gasteiger partial charge >= 0.3 is 5.69 Å². The van der Waals surface area contributed by atoms with Crippen molar-refractivity contribution in [1.29, 1.82) is 10.5 Å². The second-order valence-electron chi connectivity index (χ2n) is 7.87. The summed E-state index contributed by atoms with van der Waals surface area (Å²) in [6.45, 7) is 5.22. The lowest BCUT2D eigenvalue weighted by molar-refractivity contribution is -0.116. The lowest BCUT2D eigenvalue weighted by Crippen LogP contribution is -2.43. The van der Waals surface area contributed by atoms with Crippen LogP contribution in [0.4, 0.5) is 5.82 Å². The summed E-state index contributed by atoms with van der Waals surface area (Å²) in [6.07, 6.45) is 6.48. The third kappa shape index (κ3) is 4.04. The first-order valence-corrected chi connectivity index (χ1v) is 10.5. The molecule has 2 aromatic rings. The molecule has 1 saturated carbocycles. The Morgan fingerprint density at radius 3 is 2.42 bits per heavy atom. The number of nitriles is 2. The lowest BCUT2D eigenvalue weighted by atomic mass is 9.95. The van der Waals surface area contributed by atoms with Crippen LogP contribution in [0.25, 0.3) is 0 Å². The highest BCUT2D eigenvalue weighted by Crippen LogP contribution is 2.36. The predicted molar refractivity (Wildman–Crippen MR) is 115 cm³/mol. The van der Waals surface area contributed by atoms with Crippen molar-refractivity contribution in [1.82, 2.24) is 13.7 Å². The van der Waals surface area contributed by atoms with Crippen LogP contribution >= 0.6 is 0 Å². The summed E-state index contributed by atoms with van der Waals surface area (Å²) >= 11 is 0. The molecule has 2 heterocycles. The van der Waals surface area contributed by atoms with Gasteiger partial charge in [-0.3, -0.25) is 14.2 Å². The van der Waals surface area contributed by atoms with E-state index in [2.05, 4.69) is 11.4 Å². The van der Waals surface area contributed by atoms with E-state index >= 15 is 0 Å². The fourth-order valence-electron chi connectivity index (χ4n) is 4.29. The molecule has 3 rings (SSSR count). The van der Waals surface area contributed by atoms with Crippen molar-refractivity contribution in [2.45, 2.75) is 72.0 Å². The summed E-state index contributed by atoms with van der Waals surface area (Å²) < 4.78 is 3.99. The van der Waals surface area contributed by atoms with Crippen LogP contribution in [0.1, 0.15) is 67.5 Å². The number of amides is 1. The average molecular weight is 422 g/mol. The van der Waals surface area contributed by atoms with E-state index < -0.39 is 23.7 Å². The third-order valence-corrected chi connectivity index (χ3v) is 6.07. The zero-order valence-corrected chi connectivity index (χ0v) is 18.1. The molecule has 0 atom stereocenters. The number of nitrogens with zero attached hydrogens (tertiary/aromatic N) is 5. The molecule has 9 heteroatoms. The van der Waals surface area contributed by atoms with Crippen molar-refractivity contribution in [2.24, 2.45) is 0 Å². The van der Waals surface area contributed by atoms with E-state index in [1.165, 1.54) is 17.2 Å². The van der Waals surface area contributed by atoms with Crippen molar-refractivity contribution in [3.63, 3.8) is 0 Å². The topological polar surface area (TPSA) is 126 Å². The van der Waals surface area contributed by atoms with Crippen LogP contribution in [-0.2, 0) is 17.9 Å². The summed E-state index contributed by atoms with van der Waals surface area (Å²) in [5.74, 6) is -0.183. The Hall–Kier alpha value is -3.59. The van der Waals surface area contributed by atoms with Crippen molar-refractivity contribution in [2.75, 3.05) is 5.32 Å². The van der Waals surface area contributed by atoms with E-state index in [1.54, 1.807) is 13.0 Å². The molecule has 0 aliphatic heterocycles. The molecule has 31 heavy (non-hydrogen) atoms. The van der Waals surface area contributed by atoms with Crippen molar-refractivity contribution >= 4 is 11.7 Å². The molecule has 0 aromatic carbocycles. The van der Waals surface area contributed by atoms with Gasteiger partial charge in [0, 0.05) is 24.5 Å². The molecular weight excluding hydrogens is 396 g/mol. The maximum Gasteiger partial charge on any atom is 0.331 e. The maximum absolute atomic E-state index is 12.9. The molecule has 0 spiro atoms. The second kappa shape index (κ2) is 9.05. The van der Waals surface area contributed by atoms with Crippen molar-refractivity contribution < 1.29 is 4.79 Å². The zero-order valence-electron chi connectivity index (χ0n) is 18.1. The van der Waals surface area contributed by atoms with E-state index in [4.69, 9.17) is 0 Å². The number of rotatable bonds is 5. The number of aromatic nitrogens is 3. The van der Waals surface area contributed by atoms with Gasteiger partial charge in [-0.25, -0.2) is 9.36 Å². The molecule has 1 amide bonds. The van der Waals surface area contributed by atoms with Gasteiger partial charge in [0.2, 0.25) is 5.91 Å².